The van der Waals surface area contributed by atoms with Gasteiger partial charge in [0.05, 0.1) is 39.5 Å². The van der Waals surface area contributed by atoms with E-state index in [1.54, 1.807) is 42.5 Å². The molecule has 0 aliphatic heterocycles. The van der Waals surface area contributed by atoms with Gasteiger partial charge in [0.25, 0.3) is 5.91 Å². The minimum absolute atomic E-state index is 0.305. The Morgan fingerprint density at radius 1 is 1.22 bits per heavy atom. The van der Waals surface area contributed by atoms with Crippen LogP contribution in [0.15, 0.2) is 70.0 Å². The molecule has 0 radical (unpaired) electrons. The van der Waals surface area contributed by atoms with Crippen LogP contribution in [-0.2, 0) is 11.0 Å². The van der Waals surface area contributed by atoms with Gasteiger partial charge in [-0.05, 0) is 42.8 Å². The van der Waals surface area contributed by atoms with Gasteiger partial charge in [0.15, 0.2) is 0 Å². The Kier molecular flexibility index (Phi) is 8.95. The van der Waals surface area contributed by atoms with Gasteiger partial charge in [-0.25, -0.2) is 8.61 Å². The summed E-state index contributed by atoms with van der Waals surface area (Å²) in [6.07, 6.45) is 6.65. The molecule has 1 aliphatic carbocycles. The highest BCUT2D eigenvalue weighted by Crippen LogP contribution is 2.26. The molecule has 0 bridgehead atoms. The van der Waals surface area contributed by atoms with E-state index in [0.29, 0.717) is 39.0 Å². The van der Waals surface area contributed by atoms with Gasteiger partial charge in [-0.1, -0.05) is 53.6 Å². The summed E-state index contributed by atoms with van der Waals surface area (Å²) < 4.78 is 20.1. The van der Waals surface area contributed by atoms with Gasteiger partial charge < -0.3 is 10.0 Å². The second-order valence-corrected chi connectivity index (χ2v) is 9.46. The fourth-order valence-electron chi connectivity index (χ4n) is 3.06. The number of nitrogens with zero attached hydrogens (tertiary/aromatic N) is 1. The lowest BCUT2D eigenvalue weighted by atomic mass is 10.1. The number of nitrogens with one attached hydrogen (secondary N) is 2. The number of allylic oxidation sites excluding steroid dienone is 4. The predicted molar refractivity (Wildman–Crippen MR) is 136 cm³/mol. The third kappa shape index (κ3) is 6.46. The number of carbonyl (C=O) groups is 1. The molecule has 0 aromatic heterocycles. The number of benzene rings is 2. The highest BCUT2D eigenvalue weighted by atomic mass is 35.5. The quantitative estimate of drug-likeness (QED) is 0.414. The van der Waals surface area contributed by atoms with Crippen LogP contribution < -0.4 is 15.2 Å². The lowest BCUT2D eigenvalue weighted by molar-refractivity contribution is 0.0941. The summed E-state index contributed by atoms with van der Waals surface area (Å²) in [6.45, 7) is 1.85. The Bertz CT molecular complexity index is 1120. The molecule has 3 rings (SSSR count). The zero-order valence-electron chi connectivity index (χ0n) is 17.2. The maximum absolute atomic E-state index is 13.0. The molecule has 168 valence electrons. The Morgan fingerprint density at radius 3 is 2.75 bits per heavy atom. The Balaban J connectivity index is 1.75. The van der Waals surface area contributed by atoms with Crippen LogP contribution in [0.3, 0.4) is 0 Å². The van der Waals surface area contributed by atoms with Crippen LogP contribution in [0, 0.1) is 0 Å². The van der Waals surface area contributed by atoms with Crippen molar-refractivity contribution in [1.29, 1.82) is 0 Å². The predicted octanol–water partition coefficient (Wildman–Crippen LogP) is 5.76. The largest absolute Gasteiger partial charge is 0.345 e. The van der Waals surface area contributed by atoms with Crippen LogP contribution in [0.2, 0.25) is 10.0 Å². The molecule has 0 spiro atoms. The van der Waals surface area contributed by atoms with Crippen molar-refractivity contribution in [1.82, 2.24) is 5.32 Å². The molecular formula is C22H22Cl2N4O2S2. The minimum Gasteiger partial charge on any atom is -0.345 e. The zero-order chi connectivity index (χ0) is 23.1. The first-order valence-corrected chi connectivity index (χ1v) is 12.4. The maximum Gasteiger partial charge on any atom is 0.253 e. The van der Waals surface area contributed by atoms with Crippen molar-refractivity contribution in [3.05, 3.63) is 86.8 Å². The molecule has 2 aromatic rings. The summed E-state index contributed by atoms with van der Waals surface area (Å²) in [7, 11) is -1.56. The number of amides is 1. The van der Waals surface area contributed by atoms with Crippen LogP contribution in [0.25, 0.3) is 0 Å². The first-order valence-electron chi connectivity index (χ1n) is 9.69. The van der Waals surface area contributed by atoms with E-state index in [2.05, 4.69) is 14.4 Å². The SMILES string of the molecule is CC(NC(=O)c1ccccc1NS(=O)C1=CC=CC/C(=N/SN)C1)c1ccc(Cl)c(Cl)c1. The highest BCUT2D eigenvalue weighted by molar-refractivity contribution is 7.95. The second-order valence-electron chi connectivity index (χ2n) is 6.99. The third-order valence-electron chi connectivity index (χ3n) is 4.74. The van der Waals surface area contributed by atoms with Crippen LogP contribution in [0.4, 0.5) is 5.69 Å². The van der Waals surface area contributed by atoms with Gasteiger partial charge in [0, 0.05) is 23.5 Å². The average molecular weight is 509 g/mol. The van der Waals surface area contributed by atoms with E-state index in [1.165, 1.54) is 0 Å². The van der Waals surface area contributed by atoms with E-state index in [9.17, 15) is 9.00 Å². The number of rotatable bonds is 7. The molecule has 6 nitrogen and oxygen atoms in total. The summed E-state index contributed by atoms with van der Waals surface area (Å²) in [4.78, 5) is 13.6. The first kappa shape index (κ1) is 24.5. The minimum atomic E-state index is -1.56. The summed E-state index contributed by atoms with van der Waals surface area (Å²) in [5.74, 6) is -0.305. The Labute approximate surface area is 204 Å². The monoisotopic (exact) mass is 508 g/mol. The van der Waals surface area contributed by atoms with E-state index in [4.69, 9.17) is 28.3 Å². The van der Waals surface area contributed by atoms with E-state index in [-0.39, 0.29) is 11.9 Å². The normalized spacial score (nSPS) is 16.8. The fourth-order valence-corrected chi connectivity index (χ4v) is 4.66. The lowest BCUT2D eigenvalue weighted by Crippen LogP contribution is -2.27. The average Bonchev–Trinajstić information content (AvgIpc) is 3.02. The molecule has 0 fully saturated rings. The topological polar surface area (TPSA) is 96.6 Å². The molecule has 1 aliphatic rings. The smallest absolute Gasteiger partial charge is 0.253 e. The van der Waals surface area contributed by atoms with Crippen molar-refractivity contribution < 1.29 is 9.00 Å². The Morgan fingerprint density at radius 2 is 2.00 bits per heavy atom. The zero-order valence-corrected chi connectivity index (χ0v) is 20.3. The van der Waals surface area contributed by atoms with Crippen molar-refractivity contribution in [3.8, 4) is 0 Å². The fraction of sp³-hybridized carbons (Fsp3) is 0.182. The molecule has 2 aromatic carbocycles. The molecule has 1 amide bonds. The third-order valence-corrected chi connectivity index (χ3v) is 7.00. The molecule has 2 atom stereocenters. The molecule has 0 saturated carbocycles. The Hall–Kier alpha value is -2.10. The van der Waals surface area contributed by atoms with Crippen molar-refractivity contribution in [3.63, 3.8) is 0 Å². The van der Waals surface area contributed by atoms with E-state index < -0.39 is 11.0 Å². The van der Waals surface area contributed by atoms with Crippen LogP contribution >= 0.6 is 35.3 Å². The summed E-state index contributed by atoms with van der Waals surface area (Å²) in [5, 5.41) is 9.26. The van der Waals surface area contributed by atoms with Crippen molar-refractivity contribution in [2.45, 2.75) is 25.8 Å². The van der Waals surface area contributed by atoms with Crippen LogP contribution in [-0.4, -0.2) is 15.8 Å². The van der Waals surface area contributed by atoms with Crippen molar-refractivity contribution in [2.24, 2.45) is 9.54 Å². The summed E-state index contributed by atoms with van der Waals surface area (Å²) in [5.41, 5.74) is 2.49. The molecule has 4 N–H and O–H groups in total. The van der Waals surface area contributed by atoms with Gasteiger partial charge in [-0.15, -0.1) is 0 Å². The van der Waals surface area contributed by atoms with Gasteiger partial charge >= 0.3 is 0 Å². The number of para-hydroxylation sites is 1. The van der Waals surface area contributed by atoms with Crippen LogP contribution in [0.5, 0.6) is 0 Å². The molecule has 10 heteroatoms. The summed E-state index contributed by atoms with van der Waals surface area (Å²) in [6, 6.07) is 11.8. The maximum atomic E-state index is 13.0. The summed E-state index contributed by atoms with van der Waals surface area (Å²) >= 11 is 13.0. The number of nitrogens with two attached hydrogens (primary N) is 1. The number of carbonyl (C=O) groups excluding carboxylic acids is 1. The molecule has 0 saturated heterocycles. The van der Waals surface area contributed by atoms with Crippen molar-refractivity contribution in [2.75, 3.05) is 4.72 Å². The van der Waals surface area contributed by atoms with Gasteiger partial charge in [0.2, 0.25) is 0 Å². The first-order chi connectivity index (χ1) is 15.4. The highest BCUT2D eigenvalue weighted by Gasteiger charge is 2.18. The number of hydrogen-bond donors (Lipinski definition) is 3. The van der Waals surface area contributed by atoms with E-state index >= 15 is 0 Å². The molecular weight excluding hydrogens is 487 g/mol. The molecule has 2 unspecified atom stereocenters. The molecule has 32 heavy (non-hydrogen) atoms. The number of hydrogen-bond acceptors (Lipinski definition) is 5. The van der Waals surface area contributed by atoms with Crippen molar-refractivity contribution >= 4 is 63.6 Å². The lowest BCUT2D eigenvalue weighted by Gasteiger charge is -2.17. The second kappa shape index (κ2) is 11.7. The van der Waals surface area contributed by atoms with E-state index in [0.717, 1.165) is 23.4 Å². The van der Waals surface area contributed by atoms with Crippen LogP contribution in [0.1, 0.15) is 41.7 Å². The molecule has 0 heterocycles. The van der Waals surface area contributed by atoms with Gasteiger partial charge in [-0.3, -0.25) is 9.93 Å². The standard InChI is InChI=1S/C22H22Cl2N4O2S2/c1-14(15-10-11-19(23)20(24)12-15)26-22(29)18-8-4-5-9-21(18)28-32(30)17-7-3-2-6-16(13-17)27-31-25/h2-5,7-12,14,28H,6,13,25H2,1H3,(H,26,29)/b27-16-. The van der Waals surface area contributed by atoms with Gasteiger partial charge in [0.1, 0.15) is 11.0 Å². The number of halogens is 2. The van der Waals surface area contributed by atoms with E-state index in [1.807, 2.05) is 25.1 Å². The van der Waals surface area contributed by atoms with Gasteiger partial charge in [-0.2, -0.15) is 0 Å². The number of anilines is 1.